The zero-order valence-electron chi connectivity index (χ0n) is 48.9. The number of amides is 3. The maximum atomic E-state index is 14.2. The van der Waals surface area contributed by atoms with Crippen LogP contribution >= 0.6 is 7.26 Å². The van der Waals surface area contributed by atoms with Crippen molar-refractivity contribution in [3.05, 3.63) is 160 Å². The molecule has 2 aliphatic heterocycles. The molecule has 2 aliphatic rings. The van der Waals surface area contributed by atoms with E-state index in [9.17, 15) is 28.8 Å². The SMILES string of the molecule is CC[C@H]1c2cc3[nH]c(c(CC(=O)OC)c4nc(cc5[nH]c(cc(n2)[C@@H]1C)c(C(C)=O)c5C)[C@@H](C)[C@@H]4CCC(=O)NCCC[C@H](NC(=O)CC[PH](c1ccccc1)(c1ccccc1)c1ccccc1)C(=O)OC(C)(C)C)c(C(=O)NN)c3C. The van der Waals surface area contributed by atoms with Crippen molar-refractivity contribution in [2.45, 2.75) is 143 Å². The number of esters is 2. The number of fused-ring (bicyclic) bond motifs is 8. The van der Waals surface area contributed by atoms with E-state index in [2.05, 4.69) is 76.3 Å². The average Bonchev–Trinajstić information content (AvgIpc) is 4.17. The zero-order chi connectivity index (χ0) is 59.0. The number of nitrogens with zero attached hydrogens (tertiary/aromatic N) is 2. The van der Waals surface area contributed by atoms with Gasteiger partial charge in [-0.25, -0.2) is 5.84 Å². The summed E-state index contributed by atoms with van der Waals surface area (Å²) in [5.41, 5.74) is 8.99. The van der Waals surface area contributed by atoms with Gasteiger partial charge in [0.15, 0.2) is 5.78 Å². The molecule has 5 atom stereocenters. The molecule has 82 heavy (non-hydrogen) atoms. The van der Waals surface area contributed by atoms with E-state index in [0.29, 0.717) is 62.7 Å². The van der Waals surface area contributed by atoms with E-state index in [1.54, 1.807) is 27.7 Å². The molecule has 3 aromatic heterocycles. The molecule has 0 unspecified atom stereocenters. The maximum Gasteiger partial charge on any atom is 0.267 e. The zero-order valence-corrected chi connectivity index (χ0v) is 49.9. The quantitative estimate of drug-likeness (QED) is 0.00801. The third-order valence-electron chi connectivity index (χ3n) is 16.4. The van der Waals surface area contributed by atoms with E-state index in [-0.39, 0.29) is 79.6 Å². The van der Waals surface area contributed by atoms with E-state index in [0.717, 1.165) is 23.4 Å². The maximum absolute atomic E-state index is 14.2. The minimum atomic E-state index is -2.76. The third-order valence-corrected chi connectivity index (χ3v) is 21.4. The number of methoxy groups -OCH3 is 1. The number of carbonyl (C=O) groups excluding carboxylic acids is 6. The van der Waals surface area contributed by atoms with Crippen LogP contribution in [0.2, 0.25) is 0 Å². The summed E-state index contributed by atoms with van der Waals surface area (Å²) in [7, 11) is -1.46. The first-order valence-electron chi connectivity index (χ1n) is 28.5. The Morgan fingerprint density at radius 3 is 1.83 bits per heavy atom. The van der Waals surface area contributed by atoms with Crippen LogP contribution in [-0.4, -0.2) is 86.8 Å². The largest absolute Gasteiger partial charge is 0.290 e. The van der Waals surface area contributed by atoms with E-state index in [1.807, 2.05) is 93.6 Å². The number of H-pyrrole nitrogens is 2. The minimum Gasteiger partial charge on any atom is -0.290 e. The van der Waals surface area contributed by atoms with Gasteiger partial charge in [-0.05, 0) is 56.5 Å². The van der Waals surface area contributed by atoms with Gasteiger partial charge >= 0.3 is 245 Å². The monoisotopic (exact) mass is 1130 g/mol. The summed E-state index contributed by atoms with van der Waals surface area (Å²) < 4.78 is 11.1. The molecule has 6 aromatic rings. The van der Waals surface area contributed by atoms with E-state index in [1.165, 1.54) is 23.0 Å². The van der Waals surface area contributed by atoms with Crippen molar-refractivity contribution in [3.8, 4) is 0 Å². The molecule has 0 fully saturated rings. The second-order valence-electron chi connectivity index (χ2n) is 22.8. The Kier molecular flexibility index (Phi) is 19.1. The van der Waals surface area contributed by atoms with Crippen LogP contribution in [0.15, 0.2) is 109 Å². The number of hydrogen-bond donors (Lipinski definition) is 6. The van der Waals surface area contributed by atoms with Gasteiger partial charge in [0.25, 0.3) is 5.91 Å². The van der Waals surface area contributed by atoms with Crippen molar-refractivity contribution in [2.24, 2.45) is 5.84 Å². The molecule has 3 aromatic carbocycles. The molecular formula is C65H79N8O8P. The number of nitrogen functional groups attached to an aromatic ring is 1. The van der Waals surface area contributed by atoms with Gasteiger partial charge in [-0.3, -0.25) is 29.8 Å². The number of rotatable bonds is 20. The smallest absolute Gasteiger partial charge is 0.267 e. The Bertz CT molecular complexity index is 3420. The van der Waals surface area contributed by atoms with Crippen LogP contribution in [0.1, 0.15) is 171 Å². The molecule has 0 radical (unpaired) electrons. The molecule has 432 valence electrons. The molecule has 0 saturated carbocycles. The van der Waals surface area contributed by atoms with E-state index < -0.39 is 42.7 Å². The van der Waals surface area contributed by atoms with Crippen molar-refractivity contribution < 1.29 is 38.2 Å². The summed E-state index contributed by atoms with van der Waals surface area (Å²) >= 11 is 0. The summed E-state index contributed by atoms with van der Waals surface area (Å²) in [6, 6.07) is 35.9. The first-order valence-corrected chi connectivity index (χ1v) is 30.7. The summed E-state index contributed by atoms with van der Waals surface area (Å²) in [5.74, 6) is 2.77. The van der Waals surface area contributed by atoms with E-state index in [4.69, 9.17) is 25.3 Å². The van der Waals surface area contributed by atoms with Crippen LogP contribution in [0, 0.1) is 13.8 Å². The molecule has 0 aliphatic carbocycles. The van der Waals surface area contributed by atoms with Gasteiger partial charge in [0.1, 0.15) is 0 Å². The number of carbonyl (C=O) groups is 6. The van der Waals surface area contributed by atoms with Crippen LogP contribution in [-0.2, 0) is 35.1 Å². The number of hydrogen-bond acceptors (Lipinski definition) is 11. The predicted molar refractivity (Wildman–Crippen MR) is 326 cm³/mol. The number of ether oxygens (including phenoxy) is 2. The van der Waals surface area contributed by atoms with Gasteiger partial charge in [-0.1, -0.05) is 20.8 Å². The number of Topliss-reactive ketones (excluding diaryl/α,β-unsaturated/α-hetero) is 1. The summed E-state index contributed by atoms with van der Waals surface area (Å²) in [6.45, 7) is 17.0. The van der Waals surface area contributed by atoms with Crippen molar-refractivity contribution in [1.29, 1.82) is 0 Å². The van der Waals surface area contributed by atoms with Crippen LogP contribution in [0.4, 0.5) is 0 Å². The predicted octanol–water partition coefficient (Wildman–Crippen LogP) is 9.26. The number of aryl methyl sites for hydroxylation is 2. The van der Waals surface area contributed by atoms with Crippen molar-refractivity contribution in [2.75, 3.05) is 19.8 Å². The van der Waals surface area contributed by atoms with Crippen LogP contribution in [0.3, 0.4) is 0 Å². The normalized spacial score (nSPS) is 16.6. The van der Waals surface area contributed by atoms with Gasteiger partial charge in [0.05, 0.1) is 35.8 Å². The number of nitrogens with one attached hydrogen (secondary N) is 5. The first-order chi connectivity index (χ1) is 39.2. The molecule has 0 saturated heterocycles. The molecule has 5 heterocycles. The number of ketones is 1. The van der Waals surface area contributed by atoms with Crippen molar-refractivity contribution in [3.63, 3.8) is 0 Å². The molecule has 3 amide bonds. The van der Waals surface area contributed by atoms with Gasteiger partial charge in [0.2, 0.25) is 0 Å². The second-order valence-corrected chi connectivity index (χ2v) is 26.9. The van der Waals surface area contributed by atoms with Crippen LogP contribution in [0.25, 0.3) is 22.1 Å². The second kappa shape index (κ2) is 26.0. The van der Waals surface area contributed by atoms with Crippen molar-refractivity contribution in [1.82, 2.24) is 36.0 Å². The molecule has 0 spiro atoms. The third kappa shape index (κ3) is 13.1. The Hall–Kier alpha value is -7.81. The number of benzene rings is 3. The Morgan fingerprint density at radius 2 is 1.27 bits per heavy atom. The molecule has 8 rings (SSSR count). The summed E-state index contributed by atoms with van der Waals surface area (Å²) in [6.07, 6.45) is 2.11. The Morgan fingerprint density at radius 1 is 0.720 bits per heavy atom. The van der Waals surface area contributed by atoms with Gasteiger partial charge in [0, 0.05) is 62.9 Å². The molecule has 17 heteroatoms. The fourth-order valence-electron chi connectivity index (χ4n) is 12.1. The van der Waals surface area contributed by atoms with Crippen LogP contribution < -0.4 is 37.8 Å². The van der Waals surface area contributed by atoms with Gasteiger partial charge in [-0.15, -0.1) is 0 Å². The number of hydrazine groups is 1. The van der Waals surface area contributed by atoms with Crippen LogP contribution in [0.5, 0.6) is 0 Å². The van der Waals surface area contributed by atoms with Gasteiger partial charge < -0.3 is 14.7 Å². The standard InChI is InChI=1S/C65H79N8O8P/c1-11-46-38(2)50-37-55-59(42(6)74)40(4)52(69-55)35-51-39(3)47(61(71-51)48(34-58(77)80-10)62-60(63(78)73-66)41(5)53(72-62)36-54(46)68-50)29-30-56(75)67-32-21-28-49(64(79)81-65(7,8)9)70-57(76)31-33-82(43-22-15-12-16-23-43,44-24-17-13-18-25-44)45-26-19-14-20-27-45/h12-20,22-27,35-39,46-47,49,69,72,82H,11,21,28-34,66H2,1-10H3,(H,67,75)(H,70,76)(H,73,78)/t38-,39+,46-,47+,49+/m1/s1. The fourth-order valence-corrected chi connectivity index (χ4v) is 16.9. The van der Waals surface area contributed by atoms with Gasteiger partial charge in [-0.2, -0.15) is 0 Å². The fraction of sp³-hybridized carbons (Fsp3) is 0.385. The molecular weight excluding hydrogens is 1050 g/mol. The Labute approximate surface area is 480 Å². The number of aromatic amines is 2. The average molecular weight is 1130 g/mol. The molecule has 7 N–H and O–H groups in total. The number of aromatic nitrogens is 4. The summed E-state index contributed by atoms with van der Waals surface area (Å²) in [5, 5.41) is 9.59. The molecule has 16 nitrogen and oxygen atoms in total. The Balaban J connectivity index is 1.07. The number of nitrogens with two attached hydrogens (primary N) is 1. The van der Waals surface area contributed by atoms with E-state index >= 15 is 0 Å². The van der Waals surface area contributed by atoms with Crippen molar-refractivity contribution >= 4 is 80.7 Å². The minimum absolute atomic E-state index is 0.00611. The summed E-state index contributed by atoms with van der Waals surface area (Å²) in [4.78, 5) is 100. The molecule has 8 bridgehead atoms. The first kappa shape index (κ1) is 60.3. The topological polar surface area (TPSA) is 240 Å².